The third kappa shape index (κ3) is 6.25. The third-order valence-electron chi connectivity index (χ3n) is 5.11. The van der Waals surface area contributed by atoms with Crippen LogP contribution in [-0.4, -0.2) is 50.3 Å². The van der Waals surface area contributed by atoms with Gasteiger partial charge in [-0.3, -0.25) is 0 Å². The summed E-state index contributed by atoms with van der Waals surface area (Å²) in [5, 5.41) is 3.80. The molecule has 1 aliphatic carbocycles. The molecule has 0 bridgehead atoms. The molecule has 3 heteroatoms. The molecule has 0 aromatic heterocycles. The van der Waals surface area contributed by atoms with E-state index in [0.717, 1.165) is 19.3 Å². The summed E-state index contributed by atoms with van der Waals surface area (Å²) in [5.74, 6) is 0. The molecule has 0 radical (unpaired) electrons. The molecule has 21 heavy (non-hydrogen) atoms. The first-order chi connectivity index (χ1) is 10.3. The van der Waals surface area contributed by atoms with Crippen LogP contribution in [0.3, 0.4) is 0 Å². The summed E-state index contributed by atoms with van der Waals surface area (Å²) in [6, 6.07) is 0.824. The maximum absolute atomic E-state index is 5.64. The van der Waals surface area contributed by atoms with Crippen LogP contribution in [0.4, 0.5) is 0 Å². The van der Waals surface area contributed by atoms with Crippen LogP contribution in [0.15, 0.2) is 0 Å². The second kappa shape index (κ2) is 9.12. The van der Waals surface area contributed by atoms with Crippen LogP contribution >= 0.6 is 0 Å². The predicted molar refractivity (Wildman–Crippen MR) is 89.8 cm³/mol. The molecule has 1 saturated carbocycles. The average molecular weight is 296 g/mol. The van der Waals surface area contributed by atoms with E-state index in [-0.39, 0.29) is 0 Å². The van der Waals surface area contributed by atoms with Crippen molar-refractivity contribution in [1.29, 1.82) is 0 Å². The molecule has 1 aliphatic heterocycles. The molecule has 2 rings (SSSR count). The molecule has 0 amide bonds. The highest BCUT2D eigenvalue weighted by atomic mass is 16.5. The minimum absolute atomic E-state index is 0.461. The quantitative estimate of drug-likeness (QED) is 0.632. The smallest absolute Gasteiger partial charge is 0.0472 e. The first kappa shape index (κ1) is 17.2. The topological polar surface area (TPSA) is 24.5 Å². The van der Waals surface area contributed by atoms with Crippen molar-refractivity contribution >= 4 is 0 Å². The van der Waals surface area contributed by atoms with Crippen molar-refractivity contribution in [3.63, 3.8) is 0 Å². The molecular weight excluding hydrogens is 260 g/mol. The first-order valence-corrected chi connectivity index (χ1v) is 9.31. The van der Waals surface area contributed by atoms with E-state index in [4.69, 9.17) is 4.74 Å². The standard InChI is InChI=1S/C18H36N2O/c1-3-5-11-20(12-6-4-2)16-18(9-13-21-14-10-18)15-19-17-7-8-17/h17,19H,3-16H2,1-2H3. The zero-order valence-electron chi connectivity index (χ0n) is 14.3. The predicted octanol–water partition coefficient (Wildman–Crippen LogP) is 3.44. The second-order valence-electron chi connectivity index (χ2n) is 7.25. The fraction of sp³-hybridized carbons (Fsp3) is 1.00. The van der Waals surface area contributed by atoms with Gasteiger partial charge in [-0.1, -0.05) is 26.7 Å². The minimum atomic E-state index is 0.461. The zero-order chi connectivity index (χ0) is 15.0. The average Bonchev–Trinajstić information content (AvgIpc) is 3.33. The Morgan fingerprint density at radius 3 is 2.19 bits per heavy atom. The van der Waals surface area contributed by atoms with Gasteiger partial charge >= 0.3 is 0 Å². The maximum Gasteiger partial charge on any atom is 0.0472 e. The molecule has 2 aliphatic rings. The van der Waals surface area contributed by atoms with Gasteiger partial charge in [0.05, 0.1) is 0 Å². The van der Waals surface area contributed by atoms with E-state index >= 15 is 0 Å². The van der Waals surface area contributed by atoms with Crippen LogP contribution in [-0.2, 0) is 4.74 Å². The van der Waals surface area contributed by atoms with E-state index in [1.54, 1.807) is 0 Å². The molecule has 1 N–H and O–H groups in total. The third-order valence-corrected chi connectivity index (χ3v) is 5.11. The van der Waals surface area contributed by atoms with Crippen molar-refractivity contribution in [3.8, 4) is 0 Å². The van der Waals surface area contributed by atoms with Gasteiger partial charge in [-0.15, -0.1) is 0 Å². The Hall–Kier alpha value is -0.120. The van der Waals surface area contributed by atoms with Crippen LogP contribution in [0.5, 0.6) is 0 Å². The van der Waals surface area contributed by atoms with Crippen molar-refractivity contribution in [2.24, 2.45) is 5.41 Å². The minimum Gasteiger partial charge on any atom is -0.381 e. The van der Waals surface area contributed by atoms with E-state index in [2.05, 4.69) is 24.1 Å². The highest BCUT2D eigenvalue weighted by molar-refractivity contribution is 4.91. The van der Waals surface area contributed by atoms with E-state index < -0.39 is 0 Å². The molecule has 0 unspecified atom stereocenters. The Balaban J connectivity index is 1.88. The summed E-state index contributed by atoms with van der Waals surface area (Å²) in [5.41, 5.74) is 0.461. The summed E-state index contributed by atoms with van der Waals surface area (Å²) in [4.78, 5) is 2.74. The largest absolute Gasteiger partial charge is 0.381 e. The van der Waals surface area contributed by atoms with Crippen molar-refractivity contribution in [3.05, 3.63) is 0 Å². The van der Waals surface area contributed by atoms with Gasteiger partial charge in [0, 0.05) is 32.3 Å². The molecule has 1 heterocycles. The molecule has 2 fully saturated rings. The SMILES string of the molecule is CCCCN(CCCC)CC1(CNC2CC2)CCOCC1. The van der Waals surface area contributed by atoms with E-state index in [1.807, 2.05) is 0 Å². The van der Waals surface area contributed by atoms with Crippen LogP contribution in [0.1, 0.15) is 65.2 Å². The number of ether oxygens (including phenoxy) is 1. The number of rotatable bonds is 11. The lowest BCUT2D eigenvalue weighted by molar-refractivity contribution is -0.00500. The van der Waals surface area contributed by atoms with Gasteiger partial charge in [0.2, 0.25) is 0 Å². The molecule has 124 valence electrons. The molecular formula is C18H36N2O. The summed E-state index contributed by atoms with van der Waals surface area (Å²) in [6.07, 6.45) is 10.5. The molecule has 0 spiro atoms. The summed E-state index contributed by atoms with van der Waals surface area (Å²) >= 11 is 0. The van der Waals surface area contributed by atoms with Crippen LogP contribution in [0.25, 0.3) is 0 Å². The fourth-order valence-electron chi connectivity index (χ4n) is 3.35. The van der Waals surface area contributed by atoms with E-state index in [9.17, 15) is 0 Å². The first-order valence-electron chi connectivity index (χ1n) is 9.31. The molecule has 3 nitrogen and oxygen atoms in total. The van der Waals surface area contributed by atoms with Gasteiger partial charge in [-0.2, -0.15) is 0 Å². The lowest BCUT2D eigenvalue weighted by atomic mass is 9.79. The molecule has 0 aromatic rings. The summed E-state index contributed by atoms with van der Waals surface area (Å²) in [7, 11) is 0. The van der Waals surface area contributed by atoms with Crippen LogP contribution in [0, 0.1) is 5.41 Å². The second-order valence-corrected chi connectivity index (χ2v) is 7.25. The Bertz CT molecular complexity index is 264. The summed E-state index contributed by atoms with van der Waals surface area (Å²) in [6.45, 7) is 11.6. The van der Waals surface area contributed by atoms with Gasteiger partial charge in [-0.25, -0.2) is 0 Å². The Labute approximate surface area is 131 Å². The van der Waals surface area contributed by atoms with Gasteiger partial charge in [0.25, 0.3) is 0 Å². The van der Waals surface area contributed by atoms with Gasteiger partial charge in [-0.05, 0) is 57.0 Å². The van der Waals surface area contributed by atoms with Crippen LogP contribution < -0.4 is 5.32 Å². The highest BCUT2D eigenvalue weighted by Gasteiger charge is 2.35. The van der Waals surface area contributed by atoms with Gasteiger partial charge in [0.1, 0.15) is 0 Å². The molecule has 1 saturated heterocycles. The zero-order valence-corrected chi connectivity index (χ0v) is 14.3. The maximum atomic E-state index is 5.64. The number of nitrogens with zero attached hydrogens (tertiary/aromatic N) is 1. The monoisotopic (exact) mass is 296 g/mol. The highest BCUT2D eigenvalue weighted by Crippen LogP contribution is 2.32. The van der Waals surface area contributed by atoms with Gasteiger partial charge in [0.15, 0.2) is 0 Å². The number of hydrogen-bond donors (Lipinski definition) is 1. The Morgan fingerprint density at radius 2 is 1.67 bits per heavy atom. The lowest BCUT2D eigenvalue weighted by Gasteiger charge is -2.41. The van der Waals surface area contributed by atoms with Crippen molar-refractivity contribution < 1.29 is 4.74 Å². The number of hydrogen-bond acceptors (Lipinski definition) is 3. The van der Waals surface area contributed by atoms with Crippen molar-refractivity contribution in [2.45, 2.75) is 71.3 Å². The number of unbranched alkanes of at least 4 members (excludes halogenated alkanes) is 2. The Kier molecular flexibility index (Phi) is 7.48. The Morgan fingerprint density at radius 1 is 1.05 bits per heavy atom. The molecule has 0 aromatic carbocycles. The normalized spacial score (nSPS) is 21.9. The van der Waals surface area contributed by atoms with E-state index in [0.29, 0.717) is 5.41 Å². The number of nitrogens with one attached hydrogen (secondary N) is 1. The molecule has 0 atom stereocenters. The van der Waals surface area contributed by atoms with Crippen molar-refractivity contribution in [2.75, 3.05) is 39.4 Å². The van der Waals surface area contributed by atoms with Crippen molar-refractivity contribution in [1.82, 2.24) is 10.2 Å². The lowest BCUT2D eigenvalue weighted by Crippen LogP contribution is -2.48. The van der Waals surface area contributed by atoms with Gasteiger partial charge < -0.3 is 15.0 Å². The van der Waals surface area contributed by atoms with E-state index in [1.165, 1.54) is 77.5 Å². The van der Waals surface area contributed by atoms with Crippen LogP contribution in [0.2, 0.25) is 0 Å². The summed E-state index contributed by atoms with van der Waals surface area (Å²) < 4.78 is 5.64. The fourth-order valence-corrected chi connectivity index (χ4v) is 3.35.